The minimum absolute atomic E-state index is 0.0953. The molecule has 1 aromatic heterocycles. The van der Waals surface area contributed by atoms with Gasteiger partial charge in [-0.1, -0.05) is 37.3 Å². The Morgan fingerprint density at radius 1 is 1.29 bits per heavy atom. The van der Waals surface area contributed by atoms with E-state index < -0.39 is 0 Å². The number of rotatable bonds is 8. The standard InChI is InChI=1S/C16H23N3OS/c1-13(14-6-4-3-5-7-14)12-16-17-15(8-11-21-2)18-19(16)9-10-20/h3-7,13,20H,8-12H2,1-2H3/t13-/m1/s1. The third kappa shape index (κ3) is 4.58. The normalized spacial score (nSPS) is 12.5. The second kappa shape index (κ2) is 8.20. The van der Waals surface area contributed by atoms with Gasteiger partial charge in [-0.2, -0.15) is 16.9 Å². The number of benzene rings is 1. The monoisotopic (exact) mass is 305 g/mol. The number of aliphatic hydroxyl groups is 1. The zero-order chi connectivity index (χ0) is 15.1. The van der Waals surface area contributed by atoms with Crippen LogP contribution in [0.3, 0.4) is 0 Å². The molecule has 2 rings (SSSR count). The van der Waals surface area contributed by atoms with Crippen LogP contribution in [-0.2, 0) is 19.4 Å². The summed E-state index contributed by atoms with van der Waals surface area (Å²) in [5, 5.41) is 13.7. The van der Waals surface area contributed by atoms with Gasteiger partial charge in [0.1, 0.15) is 5.82 Å². The molecule has 0 saturated carbocycles. The number of aromatic nitrogens is 3. The molecule has 1 atom stereocenters. The van der Waals surface area contributed by atoms with E-state index in [9.17, 15) is 5.11 Å². The molecule has 1 aromatic carbocycles. The summed E-state index contributed by atoms with van der Waals surface area (Å²) >= 11 is 1.80. The largest absolute Gasteiger partial charge is 0.394 e. The van der Waals surface area contributed by atoms with Crippen molar-refractivity contribution < 1.29 is 5.11 Å². The molecule has 1 heterocycles. The van der Waals surface area contributed by atoms with Gasteiger partial charge in [0.05, 0.1) is 13.2 Å². The van der Waals surface area contributed by atoms with E-state index in [2.05, 4.69) is 47.5 Å². The maximum absolute atomic E-state index is 9.19. The molecule has 0 aliphatic carbocycles. The Bertz CT molecular complexity index is 542. The fourth-order valence-corrected chi connectivity index (χ4v) is 2.71. The number of thioether (sulfide) groups is 1. The SMILES string of the molecule is CSCCc1nc(C[C@@H](C)c2ccccc2)n(CCO)n1. The van der Waals surface area contributed by atoms with E-state index in [0.29, 0.717) is 12.5 Å². The third-order valence-corrected chi connectivity index (χ3v) is 4.10. The van der Waals surface area contributed by atoms with Gasteiger partial charge in [-0.05, 0) is 17.7 Å². The van der Waals surface area contributed by atoms with Crippen molar-refractivity contribution in [2.45, 2.75) is 32.2 Å². The van der Waals surface area contributed by atoms with Crippen molar-refractivity contribution in [2.75, 3.05) is 18.6 Å². The zero-order valence-electron chi connectivity index (χ0n) is 12.7. The topological polar surface area (TPSA) is 50.9 Å². The Morgan fingerprint density at radius 3 is 2.71 bits per heavy atom. The lowest BCUT2D eigenvalue weighted by atomic mass is 9.97. The summed E-state index contributed by atoms with van der Waals surface area (Å²) in [5.74, 6) is 3.27. The van der Waals surface area contributed by atoms with Crippen LogP contribution < -0.4 is 0 Å². The van der Waals surface area contributed by atoms with Gasteiger partial charge in [-0.15, -0.1) is 0 Å². The van der Waals surface area contributed by atoms with E-state index in [1.807, 2.05) is 10.7 Å². The smallest absolute Gasteiger partial charge is 0.151 e. The fraction of sp³-hybridized carbons (Fsp3) is 0.500. The maximum atomic E-state index is 9.19. The summed E-state index contributed by atoms with van der Waals surface area (Å²) in [6, 6.07) is 10.4. The molecule has 0 unspecified atom stereocenters. The summed E-state index contributed by atoms with van der Waals surface area (Å²) in [7, 11) is 0. The van der Waals surface area contributed by atoms with E-state index >= 15 is 0 Å². The Morgan fingerprint density at radius 2 is 2.05 bits per heavy atom. The quantitative estimate of drug-likeness (QED) is 0.814. The third-order valence-electron chi connectivity index (χ3n) is 3.49. The second-order valence-corrected chi connectivity index (χ2v) is 6.14. The molecule has 2 aromatic rings. The molecule has 0 amide bonds. The maximum Gasteiger partial charge on any atom is 0.151 e. The average molecular weight is 305 g/mol. The number of hydrogen-bond donors (Lipinski definition) is 1. The van der Waals surface area contributed by atoms with Gasteiger partial charge < -0.3 is 5.11 Å². The van der Waals surface area contributed by atoms with Crippen LogP contribution in [0.15, 0.2) is 30.3 Å². The molecule has 0 radical (unpaired) electrons. The van der Waals surface area contributed by atoms with Crippen LogP contribution in [-0.4, -0.2) is 38.5 Å². The van der Waals surface area contributed by atoms with Crippen molar-refractivity contribution in [3.8, 4) is 0 Å². The van der Waals surface area contributed by atoms with Crippen molar-refractivity contribution in [3.05, 3.63) is 47.5 Å². The molecule has 0 aliphatic heterocycles. The number of hydrogen-bond acceptors (Lipinski definition) is 4. The fourth-order valence-electron chi connectivity index (χ4n) is 2.32. The average Bonchev–Trinajstić information content (AvgIpc) is 2.88. The van der Waals surface area contributed by atoms with Gasteiger partial charge in [0.2, 0.25) is 0 Å². The van der Waals surface area contributed by atoms with E-state index in [-0.39, 0.29) is 6.61 Å². The Kier molecular flexibility index (Phi) is 6.26. The highest BCUT2D eigenvalue weighted by Crippen LogP contribution is 2.19. The Labute approximate surface area is 130 Å². The molecule has 0 saturated heterocycles. The predicted octanol–water partition coefficient (Wildman–Crippen LogP) is 2.52. The van der Waals surface area contributed by atoms with Gasteiger partial charge in [0.25, 0.3) is 0 Å². The van der Waals surface area contributed by atoms with Gasteiger partial charge in [0.15, 0.2) is 5.82 Å². The molecule has 4 nitrogen and oxygen atoms in total. The van der Waals surface area contributed by atoms with Crippen molar-refractivity contribution in [1.29, 1.82) is 0 Å². The summed E-state index contributed by atoms with van der Waals surface area (Å²) < 4.78 is 1.86. The van der Waals surface area contributed by atoms with Crippen LogP contribution in [0.1, 0.15) is 30.1 Å². The van der Waals surface area contributed by atoms with Crippen molar-refractivity contribution in [1.82, 2.24) is 14.8 Å². The van der Waals surface area contributed by atoms with E-state index in [1.165, 1.54) is 5.56 Å². The van der Waals surface area contributed by atoms with Crippen LogP contribution in [0.25, 0.3) is 0 Å². The molecule has 5 heteroatoms. The van der Waals surface area contributed by atoms with Crippen LogP contribution in [0.5, 0.6) is 0 Å². The first-order valence-electron chi connectivity index (χ1n) is 7.32. The summed E-state index contributed by atoms with van der Waals surface area (Å²) in [4.78, 5) is 4.66. The molecule has 21 heavy (non-hydrogen) atoms. The summed E-state index contributed by atoms with van der Waals surface area (Å²) in [5.41, 5.74) is 1.31. The first-order valence-corrected chi connectivity index (χ1v) is 8.71. The lowest BCUT2D eigenvalue weighted by Crippen LogP contribution is -2.11. The molecular formula is C16H23N3OS. The number of aliphatic hydroxyl groups excluding tert-OH is 1. The molecule has 0 bridgehead atoms. The van der Waals surface area contributed by atoms with Crippen LogP contribution in [0, 0.1) is 0 Å². The molecule has 0 spiro atoms. The van der Waals surface area contributed by atoms with E-state index in [1.54, 1.807) is 11.8 Å². The number of nitrogens with zero attached hydrogens (tertiary/aromatic N) is 3. The molecule has 1 N–H and O–H groups in total. The van der Waals surface area contributed by atoms with Gasteiger partial charge in [0, 0.05) is 18.6 Å². The van der Waals surface area contributed by atoms with Gasteiger partial charge >= 0.3 is 0 Å². The van der Waals surface area contributed by atoms with E-state index in [0.717, 1.165) is 30.2 Å². The number of aryl methyl sites for hydroxylation is 1. The Hall–Kier alpha value is -1.33. The molecule has 114 valence electrons. The second-order valence-electron chi connectivity index (χ2n) is 5.15. The lowest BCUT2D eigenvalue weighted by Gasteiger charge is -2.11. The summed E-state index contributed by atoms with van der Waals surface area (Å²) in [6.45, 7) is 2.82. The highest BCUT2D eigenvalue weighted by atomic mass is 32.2. The minimum atomic E-state index is 0.0953. The first kappa shape index (κ1) is 16.0. The van der Waals surface area contributed by atoms with Crippen molar-refractivity contribution in [2.24, 2.45) is 0 Å². The van der Waals surface area contributed by atoms with Crippen LogP contribution in [0.2, 0.25) is 0 Å². The van der Waals surface area contributed by atoms with Crippen molar-refractivity contribution in [3.63, 3.8) is 0 Å². The first-order chi connectivity index (χ1) is 10.2. The minimum Gasteiger partial charge on any atom is -0.394 e. The van der Waals surface area contributed by atoms with Gasteiger partial charge in [-0.3, -0.25) is 0 Å². The zero-order valence-corrected chi connectivity index (χ0v) is 13.5. The lowest BCUT2D eigenvalue weighted by molar-refractivity contribution is 0.266. The van der Waals surface area contributed by atoms with Crippen LogP contribution in [0.4, 0.5) is 0 Å². The van der Waals surface area contributed by atoms with E-state index in [4.69, 9.17) is 0 Å². The predicted molar refractivity (Wildman–Crippen MR) is 87.8 cm³/mol. The molecular weight excluding hydrogens is 282 g/mol. The van der Waals surface area contributed by atoms with Crippen LogP contribution >= 0.6 is 11.8 Å². The highest BCUT2D eigenvalue weighted by Gasteiger charge is 2.14. The Balaban J connectivity index is 2.11. The van der Waals surface area contributed by atoms with Gasteiger partial charge in [-0.25, -0.2) is 9.67 Å². The highest BCUT2D eigenvalue weighted by molar-refractivity contribution is 7.98. The summed E-state index contributed by atoms with van der Waals surface area (Å²) in [6.07, 6.45) is 3.81. The van der Waals surface area contributed by atoms with Crippen molar-refractivity contribution >= 4 is 11.8 Å². The molecule has 0 fully saturated rings. The molecule has 0 aliphatic rings.